The van der Waals surface area contributed by atoms with Crippen LogP contribution in [0.3, 0.4) is 0 Å². The highest BCUT2D eigenvalue weighted by Gasteiger charge is 2.37. The number of urea groups is 1. The van der Waals surface area contributed by atoms with Crippen molar-refractivity contribution in [2.24, 2.45) is 0 Å². The van der Waals surface area contributed by atoms with Crippen LogP contribution in [0.5, 0.6) is 0 Å². The number of aliphatic carboxylic acids is 1. The Labute approximate surface area is 118 Å². The van der Waals surface area contributed by atoms with E-state index in [-0.39, 0.29) is 23.2 Å². The number of carbonyl (C=O) groups is 2. The molecular weight excluding hydrogens is 264 g/mol. The van der Waals surface area contributed by atoms with E-state index in [1.165, 1.54) is 6.42 Å². The predicted octanol–water partition coefficient (Wildman–Crippen LogP) is 1.92. The molecule has 0 aromatic carbocycles. The molecule has 2 aliphatic rings. The molecule has 1 aliphatic heterocycles. The second-order valence-corrected chi connectivity index (χ2v) is 6.76. The van der Waals surface area contributed by atoms with E-state index in [0.29, 0.717) is 13.1 Å². The molecule has 5 nitrogen and oxygen atoms in total. The minimum absolute atomic E-state index is 0.0566. The largest absolute Gasteiger partial charge is 0.481 e. The minimum Gasteiger partial charge on any atom is -0.481 e. The van der Waals surface area contributed by atoms with Gasteiger partial charge in [0.1, 0.15) is 0 Å². The monoisotopic (exact) mass is 286 g/mol. The number of nitrogens with zero attached hydrogens (tertiary/aromatic N) is 1. The highest BCUT2D eigenvalue weighted by atomic mass is 32.2. The van der Waals surface area contributed by atoms with Crippen molar-refractivity contribution in [2.75, 3.05) is 19.3 Å². The first kappa shape index (κ1) is 14.5. The molecule has 1 unspecified atom stereocenters. The molecule has 1 aliphatic carbocycles. The zero-order valence-corrected chi connectivity index (χ0v) is 12.2. The molecule has 0 aromatic rings. The molecule has 0 spiro atoms. The smallest absolute Gasteiger partial charge is 0.317 e. The molecule has 1 atom stereocenters. The lowest BCUT2D eigenvalue weighted by Crippen LogP contribution is -2.50. The van der Waals surface area contributed by atoms with E-state index in [9.17, 15) is 9.59 Å². The van der Waals surface area contributed by atoms with Crippen molar-refractivity contribution in [1.82, 2.24) is 10.2 Å². The Morgan fingerprint density at radius 3 is 2.68 bits per heavy atom. The summed E-state index contributed by atoms with van der Waals surface area (Å²) in [5, 5.41) is 11.9. The van der Waals surface area contributed by atoms with Gasteiger partial charge in [0, 0.05) is 23.9 Å². The topological polar surface area (TPSA) is 69.6 Å². The molecule has 1 saturated heterocycles. The Morgan fingerprint density at radius 2 is 2.16 bits per heavy atom. The quantitative estimate of drug-likeness (QED) is 0.810. The van der Waals surface area contributed by atoms with Crippen molar-refractivity contribution >= 4 is 23.8 Å². The molecule has 1 saturated carbocycles. The van der Waals surface area contributed by atoms with E-state index in [2.05, 4.69) is 11.6 Å². The number of hydrogen-bond donors (Lipinski definition) is 2. The molecular formula is C13H22N2O3S. The van der Waals surface area contributed by atoms with Crippen LogP contribution in [0.4, 0.5) is 4.79 Å². The zero-order valence-electron chi connectivity index (χ0n) is 11.4. The molecule has 108 valence electrons. The predicted molar refractivity (Wildman–Crippen MR) is 75.5 cm³/mol. The summed E-state index contributed by atoms with van der Waals surface area (Å²) in [6.45, 7) is 1.37. The van der Waals surface area contributed by atoms with Gasteiger partial charge in [-0.3, -0.25) is 4.79 Å². The standard InChI is InChI=1S/C13H22N2O3S/c1-19-13(5-3-6-13)9-14-12(18)15-7-2-4-10(15)8-11(16)17/h10H,2-9H2,1H3,(H,14,18)(H,16,17). The van der Waals surface area contributed by atoms with E-state index >= 15 is 0 Å². The van der Waals surface area contributed by atoms with Gasteiger partial charge in [0.25, 0.3) is 0 Å². The summed E-state index contributed by atoms with van der Waals surface area (Å²) >= 11 is 1.83. The van der Waals surface area contributed by atoms with Crippen LogP contribution in [0.25, 0.3) is 0 Å². The normalized spacial score (nSPS) is 24.9. The summed E-state index contributed by atoms with van der Waals surface area (Å²) in [6, 6.07) is -0.229. The molecule has 19 heavy (non-hydrogen) atoms. The Balaban J connectivity index is 1.83. The number of carbonyl (C=O) groups excluding carboxylic acids is 1. The van der Waals surface area contributed by atoms with Gasteiger partial charge in [-0.15, -0.1) is 0 Å². The second-order valence-electron chi connectivity index (χ2n) is 5.49. The van der Waals surface area contributed by atoms with Crippen LogP contribution < -0.4 is 5.32 Å². The lowest BCUT2D eigenvalue weighted by atomic mass is 9.84. The maximum atomic E-state index is 12.2. The van der Waals surface area contributed by atoms with Gasteiger partial charge in [-0.05, 0) is 31.9 Å². The third-order valence-electron chi connectivity index (χ3n) is 4.31. The third-order valence-corrected chi connectivity index (χ3v) is 5.73. The fourth-order valence-corrected chi connectivity index (χ4v) is 3.79. The van der Waals surface area contributed by atoms with Crippen molar-refractivity contribution in [1.29, 1.82) is 0 Å². The van der Waals surface area contributed by atoms with Gasteiger partial charge in [0.05, 0.1) is 6.42 Å². The first-order valence-electron chi connectivity index (χ1n) is 6.88. The third kappa shape index (κ3) is 3.35. The molecule has 1 heterocycles. The summed E-state index contributed by atoms with van der Waals surface area (Å²) in [4.78, 5) is 24.6. The molecule has 2 N–H and O–H groups in total. The summed E-state index contributed by atoms with van der Waals surface area (Å²) < 4.78 is 0.220. The number of hydrogen-bond acceptors (Lipinski definition) is 3. The van der Waals surface area contributed by atoms with Crippen LogP contribution >= 0.6 is 11.8 Å². The number of carboxylic acids is 1. The highest BCUT2D eigenvalue weighted by molar-refractivity contribution is 8.00. The number of likely N-dealkylation sites (tertiary alicyclic amines) is 1. The summed E-state index contributed by atoms with van der Waals surface area (Å²) in [5.74, 6) is -0.829. The molecule has 2 rings (SSSR count). The van der Waals surface area contributed by atoms with Gasteiger partial charge < -0.3 is 15.3 Å². The van der Waals surface area contributed by atoms with Gasteiger partial charge in [0.15, 0.2) is 0 Å². The lowest BCUT2D eigenvalue weighted by Gasteiger charge is -2.41. The van der Waals surface area contributed by atoms with Crippen molar-refractivity contribution in [3.05, 3.63) is 0 Å². The number of carboxylic acid groups (broad SMARTS) is 1. The molecule has 2 fully saturated rings. The van der Waals surface area contributed by atoms with Gasteiger partial charge in [-0.1, -0.05) is 6.42 Å². The first-order chi connectivity index (χ1) is 9.06. The Morgan fingerprint density at radius 1 is 1.42 bits per heavy atom. The second kappa shape index (κ2) is 6.03. The first-order valence-corrected chi connectivity index (χ1v) is 8.10. The van der Waals surface area contributed by atoms with Crippen LogP contribution in [-0.4, -0.2) is 52.1 Å². The fraction of sp³-hybridized carbons (Fsp3) is 0.846. The van der Waals surface area contributed by atoms with Crippen molar-refractivity contribution in [2.45, 2.75) is 49.3 Å². The zero-order chi connectivity index (χ0) is 13.9. The van der Waals surface area contributed by atoms with E-state index in [4.69, 9.17) is 5.11 Å². The molecule has 0 aromatic heterocycles. The molecule has 2 amide bonds. The summed E-state index contributed by atoms with van der Waals surface area (Å²) in [6.07, 6.45) is 7.41. The van der Waals surface area contributed by atoms with Crippen molar-refractivity contribution in [3.63, 3.8) is 0 Å². The Hall–Kier alpha value is -0.910. The van der Waals surface area contributed by atoms with Crippen molar-refractivity contribution in [3.8, 4) is 0 Å². The SMILES string of the molecule is CSC1(CNC(=O)N2CCCC2CC(=O)O)CCC1. The lowest BCUT2D eigenvalue weighted by molar-refractivity contribution is -0.137. The average Bonchev–Trinajstić information content (AvgIpc) is 2.75. The highest BCUT2D eigenvalue weighted by Crippen LogP contribution is 2.42. The maximum Gasteiger partial charge on any atom is 0.317 e. The maximum absolute atomic E-state index is 12.2. The molecule has 0 bridgehead atoms. The Bertz CT molecular complexity index is 352. The summed E-state index contributed by atoms with van der Waals surface area (Å²) in [7, 11) is 0. The Kier molecular flexibility index (Phi) is 4.60. The average molecular weight is 286 g/mol. The minimum atomic E-state index is -0.829. The van der Waals surface area contributed by atoms with Gasteiger partial charge in [0.2, 0.25) is 0 Å². The summed E-state index contributed by atoms with van der Waals surface area (Å²) in [5.41, 5.74) is 0. The number of nitrogens with one attached hydrogen (secondary N) is 1. The number of thioether (sulfide) groups is 1. The van der Waals surface area contributed by atoms with E-state index in [0.717, 1.165) is 25.7 Å². The number of rotatable bonds is 5. The van der Waals surface area contributed by atoms with E-state index in [1.807, 2.05) is 11.8 Å². The van der Waals surface area contributed by atoms with Crippen LogP contribution in [-0.2, 0) is 4.79 Å². The molecule has 6 heteroatoms. The van der Waals surface area contributed by atoms with E-state index < -0.39 is 5.97 Å². The van der Waals surface area contributed by atoms with Gasteiger partial charge >= 0.3 is 12.0 Å². The van der Waals surface area contributed by atoms with Crippen LogP contribution in [0.15, 0.2) is 0 Å². The van der Waals surface area contributed by atoms with Crippen LogP contribution in [0.2, 0.25) is 0 Å². The van der Waals surface area contributed by atoms with Crippen molar-refractivity contribution < 1.29 is 14.7 Å². The van der Waals surface area contributed by atoms with Gasteiger partial charge in [-0.25, -0.2) is 4.79 Å². The van der Waals surface area contributed by atoms with Crippen LogP contribution in [0.1, 0.15) is 38.5 Å². The van der Waals surface area contributed by atoms with Gasteiger partial charge in [-0.2, -0.15) is 11.8 Å². The molecule has 0 radical (unpaired) electrons. The fourth-order valence-electron chi connectivity index (χ4n) is 2.88. The number of amides is 2. The van der Waals surface area contributed by atoms with E-state index in [1.54, 1.807) is 4.90 Å². The van der Waals surface area contributed by atoms with Crippen LogP contribution in [0, 0.1) is 0 Å².